The van der Waals surface area contributed by atoms with E-state index in [2.05, 4.69) is 0 Å². The van der Waals surface area contributed by atoms with E-state index >= 15 is 0 Å². The molecule has 0 amide bonds. The molecule has 0 bridgehead atoms. The van der Waals surface area contributed by atoms with Crippen molar-refractivity contribution in [2.45, 2.75) is 18.6 Å². The first-order chi connectivity index (χ1) is 9.44. The van der Waals surface area contributed by atoms with E-state index in [9.17, 15) is 13.2 Å². The second kappa shape index (κ2) is 5.96. The molecule has 2 rings (SSSR count). The summed E-state index contributed by atoms with van der Waals surface area (Å²) >= 11 is 0. The van der Waals surface area contributed by atoms with E-state index in [1.807, 2.05) is 18.2 Å². The summed E-state index contributed by atoms with van der Waals surface area (Å²) in [5.41, 5.74) is 5.96. The summed E-state index contributed by atoms with van der Waals surface area (Å²) in [4.78, 5) is 0. The van der Waals surface area contributed by atoms with Crippen molar-refractivity contribution >= 4 is 0 Å². The monoisotopic (exact) mass is 281 g/mol. The second-order valence-corrected chi connectivity index (χ2v) is 4.41. The number of benzene rings is 2. The zero-order valence-corrected chi connectivity index (χ0v) is 10.6. The third-order valence-electron chi connectivity index (χ3n) is 2.74. The normalized spacial score (nSPS) is 13.0. The highest BCUT2D eigenvalue weighted by molar-refractivity contribution is 5.33. The zero-order valence-electron chi connectivity index (χ0n) is 10.6. The fourth-order valence-electron chi connectivity index (χ4n) is 1.77. The van der Waals surface area contributed by atoms with E-state index in [0.29, 0.717) is 17.1 Å². The number of alkyl halides is 3. The van der Waals surface area contributed by atoms with Crippen molar-refractivity contribution in [2.75, 3.05) is 0 Å². The molecule has 106 valence electrons. The minimum absolute atomic E-state index is 0.433. The van der Waals surface area contributed by atoms with Gasteiger partial charge in [-0.1, -0.05) is 30.3 Å². The molecule has 0 aliphatic rings. The van der Waals surface area contributed by atoms with Crippen molar-refractivity contribution in [3.63, 3.8) is 0 Å². The van der Waals surface area contributed by atoms with Crippen LogP contribution in [0.4, 0.5) is 13.2 Å². The van der Waals surface area contributed by atoms with Gasteiger partial charge < -0.3 is 10.5 Å². The van der Waals surface area contributed by atoms with Crippen molar-refractivity contribution in [1.29, 1.82) is 0 Å². The van der Waals surface area contributed by atoms with Crippen LogP contribution in [0.3, 0.4) is 0 Å². The Hall–Kier alpha value is -2.01. The zero-order chi connectivity index (χ0) is 14.6. The van der Waals surface area contributed by atoms with Gasteiger partial charge in [-0.05, 0) is 29.8 Å². The van der Waals surface area contributed by atoms with E-state index in [0.717, 1.165) is 0 Å². The van der Waals surface area contributed by atoms with Crippen molar-refractivity contribution in [3.05, 3.63) is 60.2 Å². The number of nitrogens with two attached hydrogens (primary N) is 1. The summed E-state index contributed by atoms with van der Waals surface area (Å²) in [5, 5.41) is 0. The number of ether oxygens (including phenoxy) is 1. The minimum atomic E-state index is -4.27. The Morgan fingerprint density at radius 1 is 0.900 bits per heavy atom. The summed E-state index contributed by atoms with van der Waals surface area (Å²) in [5.74, 6) is 1.22. The van der Waals surface area contributed by atoms with Gasteiger partial charge in [-0.3, -0.25) is 0 Å². The molecule has 0 spiro atoms. The molecule has 2 aromatic rings. The van der Waals surface area contributed by atoms with Gasteiger partial charge >= 0.3 is 6.18 Å². The van der Waals surface area contributed by atoms with Gasteiger partial charge in [0.1, 0.15) is 11.5 Å². The second-order valence-electron chi connectivity index (χ2n) is 4.41. The fraction of sp³-hybridized carbons (Fsp3) is 0.200. The fourth-order valence-corrected chi connectivity index (χ4v) is 1.77. The molecule has 0 heterocycles. The van der Waals surface area contributed by atoms with E-state index in [-0.39, 0.29) is 0 Å². The lowest BCUT2D eigenvalue weighted by Gasteiger charge is -2.15. The average molecular weight is 281 g/mol. The first-order valence-corrected chi connectivity index (χ1v) is 6.09. The molecule has 1 atom stereocenters. The predicted octanol–water partition coefficient (Wildman–Crippen LogP) is 4.43. The lowest BCUT2D eigenvalue weighted by molar-refractivity contribution is -0.138. The van der Waals surface area contributed by atoms with Crippen LogP contribution in [0.25, 0.3) is 0 Å². The van der Waals surface area contributed by atoms with Crippen LogP contribution in [0.15, 0.2) is 54.6 Å². The van der Waals surface area contributed by atoms with Crippen LogP contribution in [0.2, 0.25) is 0 Å². The maximum Gasteiger partial charge on any atom is 0.390 e. The van der Waals surface area contributed by atoms with Gasteiger partial charge in [0.2, 0.25) is 0 Å². The summed E-state index contributed by atoms with van der Waals surface area (Å²) in [7, 11) is 0. The number of para-hydroxylation sites is 1. The Balaban J connectivity index is 2.03. The predicted molar refractivity (Wildman–Crippen MR) is 70.6 cm³/mol. The standard InChI is InChI=1S/C15H14F3NO/c16-15(17,18)10-14(19)11-6-8-13(9-7-11)20-12-4-2-1-3-5-12/h1-9,14H,10,19H2. The molecular formula is C15H14F3NO. The highest BCUT2D eigenvalue weighted by atomic mass is 19.4. The highest BCUT2D eigenvalue weighted by Crippen LogP contribution is 2.29. The Bertz CT molecular complexity index is 537. The maximum absolute atomic E-state index is 12.3. The van der Waals surface area contributed by atoms with E-state index in [4.69, 9.17) is 10.5 Å². The topological polar surface area (TPSA) is 35.2 Å². The van der Waals surface area contributed by atoms with Gasteiger partial charge in [-0.15, -0.1) is 0 Å². The molecule has 2 aromatic carbocycles. The molecule has 2 N–H and O–H groups in total. The van der Waals surface area contributed by atoms with E-state index in [1.165, 1.54) is 0 Å². The molecule has 2 nitrogen and oxygen atoms in total. The summed E-state index contributed by atoms with van der Waals surface area (Å²) in [6.07, 6.45) is -5.30. The molecule has 0 saturated carbocycles. The van der Waals surface area contributed by atoms with Gasteiger partial charge in [-0.25, -0.2) is 0 Å². The summed E-state index contributed by atoms with van der Waals surface area (Å²) in [6.45, 7) is 0. The number of rotatable bonds is 4. The van der Waals surface area contributed by atoms with Gasteiger partial charge in [0.25, 0.3) is 0 Å². The smallest absolute Gasteiger partial charge is 0.390 e. The number of hydrogen-bond donors (Lipinski definition) is 1. The molecular weight excluding hydrogens is 267 g/mol. The lowest BCUT2D eigenvalue weighted by atomic mass is 10.0. The molecule has 0 radical (unpaired) electrons. The third-order valence-corrected chi connectivity index (χ3v) is 2.74. The Morgan fingerprint density at radius 2 is 1.45 bits per heavy atom. The van der Waals surface area contributed by atoms with Crippen LogP contribution in [0.1, 0.15) is 18.0 Å². The first-order valence-electron chi connectivity index (χ1n) is 6.09. The van der Waals surface area contributed by atoms with Gasteiger partial charge in [0, 0.05) is 6.04 Å². The Labute approximate surface area is 115 Å². The SMILES string of the molecule is NC(CC(F)(F)F)c1ccc(Oc2ccccc2)cc1. The third kappa shape index (κ3) is 4.28. The van der Waals surface area contributed by atoms with Gasteiger partial charge in [-0.2, -0.15) is 13.2 Å². The molecule has 0 aromatic heterocycles. The van der Waals surface area contributed by atoms with E-state index < -0.39 is 18.6 Å². The Morgan fingerprint density at radius 3 is 2.00 bits per heavy atom. The molecule has 0 aliphatic heterocycles. The summed E-state index contributed by atoms with van der Waals surface area (Å²) in [6, 6.07) is 14.4. The van der Waals surface area contributed by atoms with Crippen LogP contribution in [0.5, 0.6) is 11.5 Å². The summed E-state index contributed by atoms with van der Waals surface area (Å²) < 4.78 is 42.3. The van der Waals surface area contributed by atoms with Gasteiger partial charge in [0.05, 0.1) is 6.42 Å². The largest absolute Gasteiger partial charge is 0.457 e. The number of hydrogen-bond acceptors (Lipinski definition) is 2. The van der Waals surface area contributed by atoms with Crippen molar-refractivity contribution in [1.82, 2.24) is 0 Å². The minimum Gasteiger partial charge on any atom is -0.457 e. The maximum atomic E-state index is 12.3. The number of halogens is 3. The van der Waals surface area contributed by atoms with Crippen LogP contribution in [-0.2, 0) is 0 Å². The molecule has 0 saturated heterocycles. The van der Waals surface area contributed by atoms with Gasteiger partial charge in [0.15, 0.2) is 0 Å². The molecule has 5 heteroatoms. The van der Waals surface area contributed by atoms with Crippen LogP contribution >= 0.6 is 0 Å². The van der Waals surface area contributed by atoms with Crippen molar-refractivity contribution in [2.24, 2.45) is 5.73 Å². The van der Waals surface area contributed by atoms with Crippen LogP contribution in [0, 0.1) is 0 Å². The van der Waals surface area contributed by atoms with Crippen LogP contribution < -0.4 is 10.5 Å². The Kier molecular flexibility index (Phi) is 4.29. The first kappa shape index (κ1) is 14.4. The van der Waals surface area contributed by atoms with Crippen molar-refractivity contribution in [3.8, 4) is 11.5 Å². The van der Waals surface area contributed by atoms with Crippen LogP contribution in [-0.4, -0.2) is 6.18 Å². The molecule has 1 unspecified atom stereocenters. The average Bonchev–Trinajstić information content (AvgIpc) is 2.39. The molecule has 0 aliphatic carbocycles. The quantitative estimate of drug-likeness (QED) is 0.899. The lowest BCUT2D eigenvalue weighted by Crippen LogP contribution is -2.20. The molecule has 0 fully saturated rings. The highest BCUT2D eigenvalue weighted by Gasteiger charge is 2.30. The molecule has 20 heavy (non-hydrogen) atoms. The van der Waals surface area contributed by atoms with Crippen molar-refractivity contribution < 1.29 is 17.9 Å². The van der Waals surface area contributed by atoms with E-state index in [1.54, 1.807) is 36.4 Å².